The third-order valence-electron chi connectivity index (χ3n) is 4.33. The minimum absolute atomic E-state index is 0. The fraction of sp³-hybridized carbons (Fsp3) is 0.200. The van der Waals surface area contributed by atoms with Crippen molar-refractivity contribution in [2.24, 2.45) is 7.05 Å². The van der Waals surface area contributed by atoms with Crippen LogP contribution in [0.15, 0.2) is 48.7 Å². The number of nitrogens with zero attached hydrogens (tertiary/aromatic N) is 2. The van der Waals surface area contributed by atoms with Crippen molar-refractivity contribution in [1.82, 2.24) is 9.55 Å². The summed E-state index contributed by atoms with van der Waals surface area (Å²) in [5, 5.41) is 0.584. The van der Waals surface area contributed by atoms with E-state index >= 15 is 0 Å². The summed E-state index contributed by atoms with van der Waals surface area (Å²) in [6, 6.07) is 12.2. The zero-order valence-electron chi connectivity index (χ0n) is 15.7. The van der Waals surface area contributed by atoms with Gasteiger partial charge in [-0.2, -0.15) is 0 Å². The number of sulfonamides is 1. The molecule has 0 spiro atoms. The number of anilines is 1. The maximum absolute atomic E-state index is 12.9. The number of halogens is 1. The molecular weight excluding hydrogens is 421 g/mol. The molecule has 0 fully saturated rings. The molecule has 0 bridgehead atoms. The van der Waals surface area contributed by atoms with Crippen LogP contribution in [0.5, 0.6) is 0 Å². The molecule has 148 valence electrons. The summed E-state index contributed by atoms with van der Waals surface area (Å²) in [6.07, 6.45) is 3.09. The summed E-state index contributed by atoms with van der Waals surface area (Å²) in [6.45, 7) is 1.90. The number of aryl methyl sites for hydroxylation is 1. The van der Waals surface area contributed by atoms with Gasteiger partial charge in [0.15, 0.2) is 0 Å². The molecule has 0 radical (unpaired) electrons. The van der Waals surface area contributed by atoms with Gasteiger partial charge in [0, 0.05) is 35.4 Å². The second-order valence-corrected chi connectivity index (χ2v) is 8.84. The summed E-state index contributed by atoms with van der Waals surface area (Å²) in [5.74, 6) is -0.0661. The molecule has 0 saturated carbocycles. The van der Waals surface area contributed by atoms with Gasteiger partial charge in [-0.1, -0.05) is 11.6 Å². The summed E-state index contributed by atoms with van der Waals surface area (Å²) >= 11 is 5.90. The van der Waals surface area contributed by atoms with Gasteiger partial charge in [0.05, 0.1) is 23.8 Å². The van der Waals surface area contributed by atoms with E-state index in [1.807, 2.05) is 24.6 Å². The fourth-order valence-electron chi connectivity index (χ4n) is 3.05. The topological polar surface area (TPSA) is 81.1 Å². The van der Waals surface area contributed by atoms with Gasteiger partial charge in [-0.15, -0.1) is 0 Å². The van der Waals surface area contributed by atoms with E-state index in [-0.39, 0.29) is 35.3 Å². The van der Waals surface area contributed by atoms with Crippen LogP contribution in [-0.2, 0) is 23.5 Å². The number of carbonyl (C=O) groups excluding carboxylic acids is 1. The molecule has 6 nitrogen and oxygen atoms in total. The predicted molar refractivity (Wildman–Crippen MR) is 118 cm³/mol. The standard InChI is InChI=1S/C20H20ClN3O3S.Na.H/c1-13-10-18(11-16-8-9-17(12-22-16)23-28(3,26)27)24(2)19(13)20(25)14-4-6-15(21)7-5-14;;/h4-10,12,23H,11H2,1-3H3;;. The Balaban J connectivity index is 0.00000300. The van der Waals surface area contributed by atoms with Gasteiger partial charge in [0.25, 0.3) is 0 Å². The number of ketones is 1. The average molecular weight is 442 g/mol. The van der Waals surface area contributed by atoms with E-state index in [1.54, 1.807) is 36.4 Å². The molecule has 0 aliphatic rings. The normalized spacial score (nSPS) is 11.0. The van der Waals surface area contributed by atoms with Gasteiger partial charge in [-0.25, -0.2) is 8.42 Å². The zero-order chi connectivity index (χ0) is 20.5. The molecule has 9 heteroatoms. The number of benzene rings is 1. The number of pyridine rings is 1. The summed E-state index contributed by atoms with van der Waals surface area (Å²) in [7, 11) is -1.48. The molecule has 3 rings (SSSR count). The Morgan fingerprint density at radius 2 is 1.83 bits per heavy atom. The van der Waals surface area contributed by atoms with E-state index in [0.717, 1.165) is 23.2 Å². The minimum atomic E-state index is -3.34. The van der Waals surface area contributed by atoms with Crippen LogP contribution in [0, 0.1) is 6.92 Å². The molecule has 2 aromatic heterocycles. The van der Waals surface area contributed by atoms with Crippen LogP contribution in [0.4, 0.5) is 5.69 Å². The maximum atomic E-state index is 12.9. The Morgan fingerprint density at radius 3 is 2.38 bits per heavy atom. The Hall–Kier alpha value is -1.64. The van der Waals surface area contributed by atoms with Crippen LogP contribution in [0.1, 0.15) is 33.0 Å². The van der Waals surface area contributed by atoms with Crippen LogP contribution in [0.3, 0.4) is 0 Å². The van der Waals surface area contributed by atoms with Crippen LogP contribution in [-0.4, -0.2) is 59.6 Å². The van der Waals surface area contributed by atoms with Gasteiger partial charge >= 0.3 is 29.6 Å². The van der Waals surface area contributed by atoms with E-state index in [0.29, 0.717) is 28.4 Å². The molecule has 0 aliphatic carbocycles. The zero-order valence-corrected chi connectivity index (χ0v) is 17.3. The van der Waals surface area contributed by atoms with Gasteiger partial charge in [-0.3, -0.25) is 14.5 Å². The first-order valence-electron chi connectivity index (χ1n) is 8.52. The van der Waals surface area contributed by atoms with Crippen molar-refractivity contribution >= 4 is 62.7 Å². The van der Waals surface area contributed by atoms with Gasteiger partial charge in [0.2, 0.25) is 15.8 Å². The number of nitrogens with one attached hydrogen (secondary N) is 1. The molecule has 1 aromatic carbocycles. The van der Waals surface area contributed by atoms with Crippen molar-refractivity contribution in [3.05, 3.63) is 81.9 Å². The quantitative estimate of drug-likeness (QED) is 0.471. The van der Waals surface area contributed by atoms with E-state index in [1.165, 1.54) is 6.20 Å². The van der Waals surface area contributed by atoms with Crippen molar-refractivity contribution in [2.45, 2.75) is 13.3 Å². The monoisotopic (exact) mass is 441 g/mol. The fourth-order valence-corrected chi connectivity index (χ4v) is 3.73. The van der Waals surface area contributed by atoms with E-state index in [2.05, 4.69) is 9.71 Å². The molecule has 2 heterocycles. The molecule has 0 saturated heterocycles. The third-order valence-corrected chi connectivity index (χ3v) is 5.19. The Labute approximate surface area is 197 Å². The van der Waals surface area contributed by atoms with Crippen molar-refractivity contribution in [3.8, 4) is 0 Å². The van der Waals surface area contributed by atoms with Gasteiger partial charge in [-0.05, 0) is 55.0 Å². The van der Waals surface area contributed by atoms with Gasteiger partial charge in [0.1, 0.15) is 0 Å². The molecule has 0 atom stereocenters. The van der Waals surface area contributed by atoms with E-state index < -0.39 is 10.0 Å². The molecule has 0 unspecified atom stereocenters. The van der Waals surface area contributed by atoms with Crippen LogP contribution in [0.25, 0.3) is 0 Å². The molecule has 0 amide bonds. The molecule has 0 aliphatic heterocycles. The number of aromatic nitrogens is 2. The SMILES string of the molecule is Cc1cc(Cc2ccc(NS(C)(=O)=O)cn2)n(C)c1C(=O)c1ccc(Cl)cc1.[NaH]. The Kier molecular flexibility index (Phi) is 7.70. The summed E-state index contributed by atoms with van der Waals surface area (Å²) in [5.41, 5.74) is 4.19. The van der Waals surface area contributed by atoms with E-state index in [9.17, 15) is 13.2 Å². The van der Waals surface area contributed by atoms with Crippen molar-refractivity contribution < 1.29 is 13.2 Å². The number of carbonyl (C=O) groups is 1. The molecule has 3 aromatic rings. The first-order chi connectivity index (χ1) is 13.1. The second kappa shape index (κ2) is 9.45. The Morgan fingerprint density at radius 1 is 1.17 bits per heavy atom. The third kappa shape index (κ3) is 5.93. The number of hydrogen-bond donors (Lipinski definition) is 1. The predicted octanol–water partition coefficient (Wildman–Crippen LogP) is 2.93. The average Bonchev–Trinajstić information content (AvgIpc) is 2.89. The Bertz CT molecular complexity index is 1130. The molecular formula is C20H21ClN3NaO3S. The summed E-state index contributed by atoms with van der Waals surface area (Å²) in [4.78, 5) is 17.2. The van der Waals surface area contributed by atoms with Crippen molar-refractivity contribution in [1.29, 1.82) is 0 Å². The van der Waals surface area contributed by atoms with Crippen LogP contribution >= 0.6 is 11.6 Å². The van der Waals surface area contributed by atoms with Crippen molar-refractivity contribution in [2.75, 3.05) is 11.0 Å². The second-order valence-electron chi connectivity index (χ2n) is 6.65. The van der Waals surface area contributed by atoms with Crippen LogP contribution < -0.4 is 4.72 Å². The molecule has 1 N–H and O–H groups in total. The van der Waals surface area contributed by atoms with E-state index in [4.69, 9.17) is 11.6 Å². The van der Waals surface area contributed by atoms with Crippen LogP contribution in [0.2, 0.25) is 5.02 Å². The summed E-state index contributed by atoms with van der Waals surface area (Å²) < 4.78 is 26.8. The molecule has 29 heavy (non-hydrogen) atoms. The number of rotatable bonds is 6. The number of hydrogen-bond acceptors (Lipinski definition) is 4. The first-order valence-corrected chi connectivity index (χ1v) is 10.8. The van der Waals surface area contributed by atoms with Crippen molar-refractivity contribution in [3.63, 3.8) is 0 Å². The van der Waals surface area contributed by atoms with Gasteiger partial charge < -0.3 is 4.57 Å². The first kappa shape index (κ1) is 23.6.